The third kappa shape index (κ3) is 40.0. The van der Waals surface area contributed by atoms with Gasteiger partial charge in [-0.1, -0.05) is 114 Å². The summed E-state index contributed by atoms with van der Waals surface area (Å²) < 4.78 is 0. The van der Waals surface area contributed by atoms with Crippen LogP contribution in [-0.4, -0.2) is 32.0 Å². The summed E-state index contributed by atoms with van der Waals surface area (Å²) in [6, 6.07) is 0. The van der Waals surface area contributed by atoms with Crippen molar-refractivity contribution in [1.29, 1.82) is 0 Å². The van der Waals surface area contributed by atoms with Gasteiger partial charge in [0.2, 0.25) is 11.8 Å². The molecule has 224 valence electrons. The third-order valence-corrected chi connectivity index (χ3v) is 5.09. The maximum absolute atomic E-state index is 11.8. The molecule has 2 amide bonds. The predicted molar refractivity (Wildman–Crippen MR) is 174 cm³/mol. The lowest BCUT2D eigenvalue weighted by molar-refractivity contribution is -0.122. The number of rotatable bonds is 21. The first-order valence-electron chi connectivity index (χ1n) is 15.1. The Hall–Kier alpha value is -2.66. The van der Waals surface area contributed by atoms with Gasteiger partial charge in [-0.05, 0) is 64.3 Å². The minimum absolute atomic E-state index is 0.0265. The van der Waals surface area contributed by atoms with E-state index >= 15 is 0 Å². The van der Waals surface area contributed by atoms with Crippen molar-refractivity contribution in [3.05, 3.63) is 72.9 Å². The first-order valence-corrected chi connectivity index (χ1v) is 15.1. The molecule has 39 heavy (non-hydrogen) atoms. The number of amides is 2. The topological polar surface area (TPSA) is 84.2 Å². The van der Waals surface area contributed by atoms with E-state index in [1.54, 1.807) is 0 Å². The second kappa shape index (κ2) is 37.5. The summed E-state index contributed by atoms with van der Waals surface area (Å²) in [7, 11) is 1.50. The number of hydrogen-bond acceptors (Lipinski definition) is 3. The molecule has 0 spiro atoms. The number of allylic oxidation sites excluding steroid dienone is 12. The molecule has 0 aliphatic carbocycles. The van der Waals surface area contributed by atoms with Crippen LogP contribution in [0.3, 0.4) is 0 Å². The SMILES string of the molecule is CC.CC/C=C\C/C=C\C/C=C\C/C=C\C/C=C\C/C=C\CCC(=O)NCCNC(=O)CCCC(C)C.CN. The molecule has 4 N–H and O–H groups in total. The quantitative estimate of drug-likeness (QED) is 0.101. The zero-order chi connectivity index (χ0) is 29.8. The van der Waals surface area contributed by atoms with Crippen molar-refractivity contribution in [1.82, 2.24) is 10.6 Å². The molecule has 0 atom stereocenters. The molecule has 0 heterocycles. The Labute approximate surface area is 241 Å². The predicted octanol–water partition coefficient (Wildman–Crippen LogP) is 8.12. The highest BCUT2D eigenvalue weighted by Crippen LogP contribution is 2.05. The average Bonchev–Trinajstić information content (AvgIpc) is 2.94. The summed E-state index contributed by atoms with van der Waals surface area (Å²) in [5.41, 5.74) is 4.50. The van der Waals surface area contributed by atoms with Crippen LogP contribution in [0.1, 0.15) is 105 Å². The van der Waals surface area contributed by atoms with Gasteiger partial charge in [-0.3, -0.25) is 9.59 Å². The minimum Gasteiger partial charge on any atom is -0.354 e. The van der Waals surface area contributed by atoms with E-state index in [9.17, 15) is 9.59 Å². The summed E-state index contributed by atoms with van der Waals surface area (Å²) in [6.45, 7) is 11.4. The third-order valence-electron chi connectivity index (χ3n) is 5.09. The normalized spacial score (nSPS) is 11.6. The van der Waals surface area contributed by atoms with Crippen LogP contribution < -0.4 is 16.4 Å². The molecule has 0 saturated heterocycles. The van der Waals surface area contributed by atoms with E-state index in [0.717, 1.165) is 57.8 Å². The highest BCUT2D eigenvalue weighted by molar-refractivity contribution is 5.77. The van der Waals surface area contributed by atoms with E-state index in [1.807, 2.05) is 13.8 Å². The molecule has 5 heteroatoms. The molecule has 5 nitrogen and oxygen atoms in total. The number of carbonyl (C=O) groups excluding carboxylic acids is 2. The minimum atomic E-state index is 0.0265. The summed E-state index contributed by atoms with van der Waals surface area (Å²) in [5.74, 6) is 0.722. The number of nitrogens with one attached hydrogen (secondary N) is 2. The second-order valence-corrected chi connectivity index (χ2v) is 8.94. The molecule has 0 aliphatic rings. The van der Waals surface area contributed by atoms with E-state index in [1.165, 1.54) is 7.05 Å². The van der Waals surface area contributed by atoms with Crippen LogP contribution in [0.15, 0.2) is 72.9 Å². The monoisotopic (exact) mass is 543 g/mol. The fraction of sp³-hybridized carbons (Fsp3) is 0.588. The summed E-state index contributed by atoms with van der Waals surface area (Å²) in [4.78, 5) is 23.5. The number of nitrogens with two attached hydrogens (primary N) is 1. The molecule has 0 aromatic rings. The van der Waals surface area contributed by atoms with Gasteiger partial charge < -0.3 is 16.4 Å². The van der Waals surface area contributed by atoms with Crippen molar-refractivity contribution in [2.45, 2.75) is 105 Å². The molecule has 0 aromatic heterocycles. The summed E-state index contributed by atoms with van der Waals surface area (Å²) in [5, 5.41) is 5.70. The molecular weight excluding hydrogens is 482 g/mol. The lowest BCUT2D eigenvalue weighted by Gasteiger charge is -2.07. The van der Waals surface area contributed by atoms with Crippen molar-refractivity contribution < 1.29 is 9.59 Å². The maximum atomic E-state index is 11.8. The standard InChI is InChI=1S/C31H50N2O2.C2H6.CH5N/c1-4-5-6-7-8-9-10-11-12-13-14-15-16-17-18-19-20-21-22-25-30(34)32-27-28-33-31(35)26-23-24-29(2)3;2*1-2/h5-6,8-9,11-12,14-15,17-18,20-21,29H,4,7,10,13,16,19,22-28H2,1-3H3,(H,32,34)(H,33,35);1-2H3;2H2,1H3/b6-5-,9-8-,12-11-,15-14-,18-17-,21-20-;;. The van der Waals surface area contributed by atoms with Crippen LogP contribution in [0.4, 0.5) is 0 Å². The average molecular weight is 544 g/mol. The van der Waals surface area contributed by atoms with Gasteiger partial charge in [0.1, 0.15) is 0 Å². The fourth-order valence-corrected chi connectivity index (χ4v) is 3.11. The Bertz CT molecular complexity index is 701. The first-order chi connectivity index (χ1) is 19.1. The van der Waals surface area contributed by atoms with Gasteiger partial charge in [-0.25, -0.2) is 0 Å². The molecule has 0 aliphatic heterocycles. The van der Waals surface area contributed by atoms with Gasteiger partial charge in [0.15, 0.2) is 0 Å². The lowest BCUT2D eigenvalue weighted by atomic mass is 10.1. The van der Waals surface area contributed by atoms with Crippen molar-refractivity contribution in [3.63, 3.8) is 0 Å². The zero-order valence-corrected chi connectivity index (χ0v) is 26.1. The zero-order valence-electron chi connectivity index (χ0n) is 26.1. The summed E-state index contributed by atoms with van der Waals surface area (Å²) in [6.07, 6.45) is 35.8. The molecule has 0 unspecified atom stereocenters. The fourth-order valence-electron chi connectivity index (χ4n) is 3.11. The van der Waals surface area contributed by atoms with E-state index < -0.39 is 0 Å². The van der Waals surface area contributed by atoms with Crippen molar-refractivity contribution in [3.8, 4) is 0 Å². The van der Waals surface area contributed by atoms with Crippen LogP contribution >= 0.6 is 0 Å². The van der Waals surface area contributed by atoms with Gasteiger partial charge in [0.25, 0.3) is 0 Å². The highest BCUT2D eigenvalue weighted by atomic mass is 16.2. The van der Waals surface area contributed by atoms with Crippen LogP contribution in [0.5, 0.6) is 0 Å². The Morgan fingerprint density at radius 1 is 0.615 bits per heavy atom. The largest absolute Gasteiger partial charge is 0.354 e. The van der Waals surface area contributed by atoms with Crippen molar-refractivity contribution >= 4 is 11.8 Å². The smallest absolute Gasteiger partial charge is 0.220 e. The van der Waals surface area contributed by atoms with Gasteiger partial charge in [0.05, 0.1) is 0 Å². The summed E-state index contributed by atoms with van der Waals surface area (Å²) >= 11 is 0. The molecule has 0 rings (SSSR count). The maximum Gasteiger partial charge on any atom is 0.220 e. The Kier molecular flexibility index (Phi) is 39.3. The molecule has 0 fully saturated rings. The first kappa shape index (κ1) is 40.8. The van der Waals surface area contributed by atoms with Crippen LogP contribution in [-0.2, 0) is 9.59 Å². The van der Waals surface area contributed by atoms with Crippen LogP contribution in [0.2, 0.25) is 0 Å². The Morgan fingerprint density at radius 2 is 0.974 bits per heavy atom. The Morgan fingerprint density at radius 3 is 1.36 bits per heavy atom. The van der Waals surface area contributed by atoms with Gasteiger partial charge in [-0.2, -0.15) is 0 Å². The van der Waals surface area contributed by atoms with Gasteiger partial charge >= 0.3 is 0 Å². The van der Waals surface area contributed by atoms with Crippen molar-refractivity contribution in [2.24, 2.45) is 11.7 Å². The molecule has 0 radical (unpaired) electrons. The molecule has 0 saturated carbocycles. The lowest BCUT2D eigenvalue weighted by Crippen LogP contribution is -2.34. The van der Waals surface area contributed by atoms with Gasteiger partial charge in [-0.15, -0.1) is 0 Å². The van der Waals surface area contributed by atoms with Gasteiger partial charge in [0, 0.05) is 25.9 Å². The van der Waals surface area contributed by atoms with E-state index in [0.29, 0.717) is 31.8 Å². The van der Waals surface area contributed by atoms with Crippen LogP contribution in [0.25, 0.3) is 0 Å². The van der Waals surface area contributed by atoms with Crippen LogP contribution in [0, 0.1) is 5.92 Å². The van der Waals surface area contributed by atoms with E-state index in [4.69, 9.17) is 0 Å². The second-order valence-electron chi connectivity index (χ2n) is 8.94. The molecule has 0 bridgehead atoms. The molecular formula is C34H61N3O2. The van der Waals surface area contributed by atoms with E-state index in [-0.39, 0.29) is 11.8 Å². The Balaban J connectivity index is -0.00000308. The van der Waals surface area contributed by atoms with E-state index in [2.05, 4.69) is 110 Å². The number of carbonyl (C=O) groups is 2. The number of hydrogen-bond donors (Lipinski definition) is 3. The highest BCUT2D eigenvalue weighted by Gasteiger charge is 2.03. The van der Waals surface area contributed by atoms with Crippen molar-refractivity contribution in [2.75, 3.05) is 20.1 Å². The molecule has 0 aromatic carbocycles.